The zero-order chi connectivity index (χ0) is 9.68. The summed E-state index contributed by atoms with van der Waals surface area (Å²) in [5.41, 5.74) is 0. The van der Waals surface area contributed by atoms with Gasteiger partial charge in [0.1, 0.15) is 5.75 Å². The van der Waals surface area contributed by atoms with Gasteiger partial charge in [0.2, 0.25) is 0 Å². The number of aromatic hydroxyl groups is 1. The van der Waals surface area contributed by atoms with E-state index >= 15 is 0 Å². The lowest BCUT2D eigenvalue weighted by Crippen LogP contribution is -2.02. The van der Waals surface area contributed by atoms with Gasteiger partial charge in [0.05, 0.1) is 12.9 Å². The van der Waals surface area contributed by atoms with E-state index in [1.807, 2.05) is 6.07 Å². The van der Waals surface area contributed by atoms with Gasteiger partial charge >= 0.3 is 5.97 Å². The molecule has 0 fully saturated rings. The molecule has 1 rings (SSSR count). The van der Waals surface area contributed by atoms with Crippen molar-refractivity contribution >= 4 is 17.7 Å². The van der Waals surface area contributed by atoms with Crippen molar-refractivity contribution in [3.05, 3.63) is 24.3 Å². The Hall–Kier alpha value is -1.16. The minimum atomic E-state index is -0.270. The maximum absolute atomic E-state index is 10.8. The Kier molecular flexibility index (Phi) is 3.64. The Morgan fingerprint density at radius 3 is 3.00 bits per heavy atom. The fourth-order valence-electron chi connectivity index (χ4n) is 0.774. The lowest BCUT2D eigenvalue weighted by Gasteiger charge is -2.00. The number of methoxy groups -OCH3 is 1. The molecule has 0 aliphatic rings. The first kappa shape index (κ1) is 9.92. The highest BCUT2D eigenvalue weighted by molar-refractivity contribution is 8.00. The maximum atomic E-state index is 10.8. The number of thioether (sulfide) groups is 1. The SMILES string of the molecule is COC(=O)CSc1cccc(O)c1. The Labute approximate surface area is 80.7 Å². The van der Waals surface area contributed by atoms with Crippen LogP contribution in [-0.4, -0.2) is 23.9 Å². The minimum absolute atomic E-state index is 0.204. The number of ether oxygens (including phenoxy) is 1. The molecule has 0 aliphatic heterocycles. The van der Waals surface area contributed by atoms with E-state index in [1.54, 1.807) is 18.2 Å². The van der Waals surface area contributed by atoms with Crippen LogP contribution >= 0.6 is 11.8 Å². The maximum Gasteiger partial charge on any atom is 0.315 e. The summed E-state index contributed by atoms with van der Waals surface area (Å²) in [6.45, 7) is 0. The lowest BCUT2D eigenvalue weighted by atomic mass is 10.3. The molecular formula is C9H10O3S. The summed E-state index contributed by atoms with van der Waals surface area (Å²) in [7, 11) is 1.35. The number of hydrogen-bond acceptors (Lipinski definition) is 4. The first-order chi connectivity index (χ1) is 6.22. The van der Waals surface area contributed by atoms with Crippen molar-refractivity contribution in [3.63, 3.8) is 0 Å². The molecule has 0 unspecified atom stereocenters. The molecule has 0 radical (unpaired) electrons. The average Bonchev–Trinajstić information content (AvgIpc) is 2.14. The summed E-state index contributed by atoms with van der Waals surface area (Å²) in [6, 6.07) is 6.75. The topological polar surface area (TPSA) is 46.5 Å². The number of phenols is 1. The Bertz CT molecular complexity index is 299. The smallest absolute Gasteiger partial charge is 0.315 e. The number of hydrogen-bond donors (Lipinski definition) is 1. The van der Waals surface area contributed by atoms with Gasteiger partial charge in [0.25, 0.3) is 0 Å². The van der Waals surface area contributed by atoms with E-state index < -0.39 is 0 Å². The van der Waals surface area contributed by atoms with E-state index in [-0.39, 0.29) is 17.5 Å². The first-order valence-corrected chi connectivity index (χ1v) is 4.69. The quantitative estimate of drug-likeness (QED) is 0.592. The molecule has 0 amide bonds. The van der Waals surface area contributed by atoms with Crippen LogP contribution in [0.2, 0.25) is 0 Å². The zero-order valence-electron chi connectivity index (χ0n) is 7.19. The van der Waals surface area contributed by atoms with Gasteiger partial charge in [-0.25, -0.2) is 0 Å². The van der Waals surface area contributed by atoms with Crippen LogP contribution in [0.25, 0.3) is 0 Å². The third kappa shape index (κ3) is 3.38. The van der Waals surface area contributed by atoms with Crippen molar-refractivity contribution in [2.45, 2.75) is 4.90 Å². The molecule has 1 aromatic rings. The van der Waals surface area contributed by atoms with E-state index in [0.29, 0.717) is 0 Å². The highest BCUT2D eigenvalue weighted by Gasteiger charge is 2.01. The Balaban J connectivity index is 2.50. The normalized spacial score (nSPS) is 9.62. The minimum Gasteiger partial charge on any atom is -0.508 e. The predicted octanol–water partition coefficient (Wildman–Crippen LogP) is 1.66. The number of phenolic OH excluding ortho intramolecular Hbond substituents is 1. The van der Waals surface area contributed by atoms with Gasteiger partial charge in [-0.2, -0.15) is 0 Å². The Morgan fingerprint density at radius 1 is 1.62 bits per heavy atom. The second-order valence-corrected chi connectivity index (χ2v) is 3.41. The zero-order valence-corrected chi connectivity index (χ0v) is 8.00. The molecule has 13 heavy (non-hydrogen) atoms. The molecule has 1 aromatic carbocycles. The first-order valence-electron chi connectivity index (χ1n) is 3.71. The molecule has 0 atom stereocenters. The second kappa shape index (κ2) is 4.77. The van der Waals surface area contributed by atoms with Crippen LogP contribution in [0.15, 0.2) is 29.2 Å². The third-order valence-corrected chi connectivity index (χ3v) is 2.37. The average molecular weight is 198 g/mol. The summed E-state index contributed by atoms with van der Waals surface area (Å²) in [6.07, 6.45) is 0. The predicted molar refractivity (Wildman–Crippen MR) is 50.8 cm³/mol. The number of esters is 1. The molecule has 0 saturated heterocycles. The van der Waals surface area contributed by atoms with E-state index in [4.69, 9.17) is 5.11 Å². The van der Waals surface area contributed by atoms with Crippen molar-refractivity contribution < 1.29 is 14.6 Å². The van der Waals surface area contributed by atoms with Gasteiger partial charge in [0.15, 0.2) is 0 Å². The molecule has 4 heteroatoms. The molecule has 70 valence electrons. The number of benzene rings is 1. The van der Waals surface area contributed by atoms with Crippen molar-refractivity contribution in [2.24, 2.45) is 0 Å². The van der Waals surface area contributed by atoms with Crippen LogP contribution in [0.5, 0.6) is 5.75 Å². The van der Waals surface area contributed by atoms with Crippen LogP contribution in [-0.2, 0) is 9.53 Å². The van der Waals surface area contributed by atoms with E-state index in [1.165, 1.54) is 18.9 Å². The third-order valence-electron chi connectivity index (χ3n) is 1.40. The summed E-state index contributed by atoms with van der Waals surface area (Å²) in [4.78, 5) is 11.6. The number of carbonyl (C=O) groups is 1. The van der Waals surface area contributed by atoms with E-state index in [9.17, 15) is 4.79 Å². The van der Waals surface area contributed by atoms with Crippen LogP contribution in [0.1, 0.15) is 0 Å². The summed E-state index contributed by atoms with van der Waals surface area (Å²) in [5.74, 6) is 0.197. The van der Waals surface area contributed by atoms with Crippen molar-refractivity contribution in [2.75, 3.05) is 12.9 Å². The highest BCUT2D eigenvalue weighted by atomic mass is 32.2. The van der Waals surface area contributed by atoms with Crippen LogP contribution in [0.3, 0.4) is 0 Å². The van der Waals surface area contributed by atoms with Crippen molar-refractivity contribution in [3.8, 4) is 5.75 Å². The molecule has 0 aliphatic carbocycles. The molecule has 1 N–H and O–H groups in total. The number of rotatable bonds is 3. The van der Waals surface area contributed by atoms with Crippen molar-refractivity contribution in [1.29, 1.82) is 0 Å². The summed E-state index contributed by atoms with van der Waals surface area (Å²) >= 11 is 1.33. The molecule has 0 aromatic heterocycles. The van der Waals surface area contributed by atoms with Gasteiger partial charge in [0, 0.05) is 4.90 Å². The van der Waals surface area contributed by atoms with Crippen LogP contribution in [0.4, 0.5) is 0 Å². The largest absolute Gasteiger partial charge is 0.508 e. The standard InChI is InChI=1S/C9H10O3S/c1-12-9(11)6-13-8-4-2-3-7(10)5-8/h2-5,10H,6H2,1H3. The fraction of sp³-hybridized carbons (Fsp3) is 0.222. The molecule has 0 saturated carbocycles. The van der Waals surface area contributed by atoms with Gasteiger partial charge in [-0.1, -0.05) is 6.07 Å². The summed E-state index contributed by atoms with van der Waals surface area (Å²) < 4.78 is 4.48. The van der Waals surface area contributed by atoms with Crippen LogP contribution in [0, 0.1) is 0 Å². The Morgan fingerprint density at radius 2 is 2.38 bits per heavy atom. The van der Waals surface area contributed by atoms with E-state index in [0.717, 1.165) is 4.90 Å². The number of carbonyl (C=O) groups excluding carboxylic acids is 1. The lowest BCUT2D eigenvalue weighted by molar-refractivity contribution is -0.137. The monoisotopic (exact) mass is 198 g/mol. The van der Waals surface area contributed by atoms with Crippen molar-refractivity contribution in [1.82, 2.24) is 0 Å². The second-order valence-electron chi connectivity index (χ2n) is 2.36. The fourth-order valence-corrected chi connectivity index (χ4v) is 1.56. The van der Waals surface area contributed by atoms with Gasteiger partial charge in [-0.15, -0.1) is 11.8 Å². The molecule has 0 bridgehead atoms. The molecule has 0 spiro atoms. The van der Waals surface area contributed by atoms with Gasteiger partial charge in [-0.3, -0.25) is 4.79 Å². The molecular weight excluding hydrogens is 188 g/mol. The highest BCUT2D eigenvalue weighted by Crippen LogP contribution is 2.21. The summed E-state index contributed by atoms with van der Waals surface area (Å²) in [5, 5.41) is 9.11. The molecule has 0 heterocycles. The van der Waals surface area contributed by atoms with Gasteiger partial charge in [-0.05, 0) is 18.2 Å². The molecule has 3 nitrogen and oxygen atoms in total. The van der Waals surface area contributed by atoms with E-state index in [2.05, 4.69) is 4.74 Å². The van der Waals surface area contributed by atoms with Crippen LogP contribution < -0.4 is 0 Å². The van der Waals surface area contributed by atoms with Gasteiger partial charge < -0.3 is 9.84 Å².